The molecule has 0 atom stereocenters. The van der Waals surface area contributed by atoms with Gasteiger partial charge in [0.2, 0.25) is 0 Å². The standard InChI is InChI=1S/C27H25N7O3/c1-16-5-7-18(8-6-16)23(28-3)19-9-11-33(12-10-19)27(36)25(35)20-13-29-24-22(20)21(37-4)14-30-26(24)34-15-31-17(2)32-34/h5-8,13-15,29H,9-12H2,1-2,4H3/i2D3,4D3,5D,6D,7D,8D,15D. The first-order valence-electron chi connectivity index (χ1n) is 16.5. The molecule has 1 amide bonds. The molecular formula is C27H25N7O3. The van der Waals surface area contributed by atoms with Crippen LogP contribution in [0.4, 0.5) is 0 Å². The normalized spacial score (nSPS) is 18.4. The minimum absolute atomic E-state index is 0.0280. The van der Waals surface area contributed by atoms with Gasteiger partial charge in [0.1, 0.15) is 19.2 Å². The zero-order valence-electron chi connectivity index (χ0n) is 30.4. The van der Waals surface area contributed by atoms with Crippen LogP contribution in [0.5, 0.6) is 5.75 Å². The second kappa shape index (κ2) is 9.70. The van der Waals surface area contributed by atoms with Crippen molar-refractivity contribution in [3.63, 3.8) is 0 Å². The summed E-state index contributed by atoms with van der Waals surface area (Å²) >= 11 is 0. The molecule has 1 N–H and O–H groups in total. The van der Waals surface area contributed by atoms with Crippen LogP contribution in [-0.4, -0.2) is 61.5 Å². The highest BCUT2D eigenvalue weighted by atomic mass is 16.5. The number of hydrogen-bond acceptors (Lipinski definition) is 6. The number of rotatable bonds is 5. The molecule has 0 radical (unpaired) electrons. The molecule has 10 heteroatoms. The molecule has 5 rings (SSSR count). The number of ether oxygens (including phenoxy) is 1. The lowest BCUT2D eigenvalue weighted by Crippen LogP contribution is -2.40. The Kier molecular flexibility index (Phi) is 3.69. The highest BCUT2D eigenvalue weighted by molar-refractivity contribution is 6.45. The molecule has 1 aromatic carbocycles. The van der Waals surface area contributed by atoms with Gasteiger partial charge in [-0.15, -0.1) is 0 Å². The third kappa shape index (κ3) is 4.36. The number of Topliss-reactive ketones (excluding diaryl/α,β-unsaturated/α-hetero) is 1. The van der Waals surface area contributed by atoms with Crippen LogP contribution in [0.3, 0.4) is 0 Å². The van der Waals surface area contributed by atoms with Gasteiger partial charge in [-0.1, -0.05) is 35.3 Å². The Morgan fingerprint density at radius 1 is 1.22 bits per heavy atom. The minimum Gasteiger partial charge on any atom is -0.494 e. The summed E-state index contributed by atoms with van der Waals surface area (Å²) in [6, 6.07) is -1.21. The zero-order chi connectivity index (χ0) is 35.5. The molecule has 186 valence electrons. The Morgan fingerprint density at radius 3 is 2.68 bits per heavy atom. The summed E-state index contributed by atoms with van der Waals surface area (Å²) in [4.78, 5) is 42.3. The summed E-state index contributed by atoms with van der Waals surface area (Å²) in [7, 11) is -2.99. The van der Waals surface area contributed by atoms with Crippen molar-refractivity contribution < 1.29 is 29.4 Å². The summed E-state index contributed by atoms with van der Waals surface area (Å²) in [5, 5.41) is 3.65. The molecule has 0 spiro atoms. The maximum atomic E-state index is 13.7. The Morgan fingerprint density at radius 2 is 2.00 bits per heavy atom. The van der Waals surface area contributed by atoms with Crippen molar-refractivity contribution in [1.82, 2.24) is 29.6 Å². The number of aryl methyl sites for hydroxylation is 1. The maximum absolute atomic E-state index is 13.7. The fourth-order valence-corrected chi connectivity index (χ4v) is 4.13. The largest absolute Gasteiger partial charge is 0.494 e. The van der Waals surface area contributed by atoms with Gasteiger partial charge in [-0.25, -0.2) is 19.5 Å². The minimum atomic E-state index is -2.99. The Labute approximate surface area is 228 Å². The quantitative estimate of drug-likeness (QED) is 0.250. The molecule has 0 aliphatic carbocycles. The monoisotopic (exact) mass is 506 g/mol. The second-order valence-electron chi connectivity index (χ2n) is 8.13. The lowest BCUT2D eigenvalue weighted by atomic mass is 9.97. The fraction of sp³-hybridized carbons (Fsp3) is 0.259. The van der Waals surface area contributed by atoms with Crippen LogP contribution >= 0.6 is 0 Å². The van der Waals surface area contributed by atoms with Crippen LogP contribution in [-0.2, 0) is 4.79 Å². The molecule has 1 aliphatic rings. The van der Waals surface area contributed by atoms with Crippen molar-refractivity contribution in [3.8, 4) is 11.6 Å². The van der Waals surface area contributed by atoms with Crippen LogP contribution in [0.2, 0.25) is 0 Å². The third-order valence-corrected chi connectivity index (χ3v) is 5.94. The molecule has 1 fully saturated rings. The fourth-order valence-electron chi connectivity index (χ4n) is 4.13. The van der Waals surface area contributed by atoms with Gasteiger partial charge in [0.25, 0.3) is 11.7 Å². The SMILES string of the molecule is [2H]c1c([2H])c(C([N+]#[C-])=C2CCN(C(=O)C(=O)c3c[nH]c4c(-n5nc(C([2H])([2H])[2H])nc5[2H])ncc(OC([2H])([2H])[2H])c34)CC2)c([2H])c([2H])c1C. The van der Waals surface area contributed by atoms with Crippen molar-refractivity contribution in [2.75, 3.05) is 20.1 Å². The van der Waals surface area contributed by atoms with Gasteiger partial charge in [0.15, 0.2) is 11.5 Å². The topological polar surface area (TPSA) is 110 Å². The molecule has 37 heavy (non-hydrogen) atoms. The van der Waals surface area contributed by atoms with E-state index in [0.29, 0.717) is 5.57 Å². The number of benzene rings is 1. The average Bonchev–Trinajstić information content (AvgIpc) is 3.65. The Balaban J connectivity index is 1.49. The van der Waals surface area contributed by atoms with Crippen molar-refractivity contribution in [1.29, 1.82) is 0 Å². The first-order valence-corrected chi connectivity index (χ1v) is 11.0. The number of likely N-dealkylation sites (tertiary alicyclic amines) is 1. The molecule has 1 saturated heterocycles. The third-order valence-electron chi connectivity index (χ3n) is 5.94. The zero-order valence-corrected chi connectivity index (χ0v) is 19.4. The first kappa shape index (κ1) is 14.1. The van der Waals surface area contributed by atoms with Crippen molar-refractivity contribution in [3.05, 3.63) is 82.4 Å². The van der Waals surface area contributed by atoms with Gasteiger partial charge < -0.3 is 14.6 Å². The molecule has 10 nitrogen and oxygen atoms in total. The number of methoxy groups -OCH3 is 1. The number of piperidine rings is 1. The highest BCUT2D eigenvalue weighted by Crippen LogP contribution is 2.33. The average molecular weight is 507 g/mol. The van der Waals surface area contributed by atoms with Crippen LogP contribution in [0.1, 0.15) is 55.2 Å². The molecule has 0 unspecified atom stereocenters. The number of aromatic amines is 1. The number of ketones is 1. The maximum Gasteiger partial charge on any atom is 0.295 e. The van der Waals surface area contributed by atoms with Gasteiger partial charge in [0, 0.05) is 23.4 Å². The van der Waals surface area contributed by atoms with Gasteiger partial charge in [-0.05, 0) is 32.2 Å². The summed E-state index contributed by atoms with van der Waals surface area (Å²) in [5.41, 5.74) is 0.0842. The van der Waals surface area contributed by atoms with Crippen molar-refractivity contribution in [2.45, 2.75) is 26.6 Å². The first-order chi connectivity index (χ1) is 22.4. The number of amides is 1. The van der Waals surface area contributed by atoms with Crippen LogP contribution in [0.25, 0.3) is 27.3 Å². The lowest BCUT2D eigenvalue weighted by Gasteiger charge is -2.28. The number of pyridine rings is 1. The van der Waals surface area contributed by atoms with Crippen molar-refractivity contribution >= 4 is 28.3 Å². The van der Waals surface area contributed by atoms with E-state index in [4.69, 9.17) is 26.4 Å². The summed E-state index contributed by atoms with van der Waals surface area (Å²) < 4.78 is 92.2. The van der Waals surface area contributed by atoms with Gasteiger partial charge in [-0.2, -0.15) is 5.10 Å². The van der Waals surface area contributed by atoms with E-state index in [9.17, 15) is 9.59 Å². The Hall–Kier alpha value is -4.78. The predicted octanol–water partition coefficient (Wildman–Crippen LogP) is 3.90. The van der Waals surface area contributed by atoms with Gasteiger partial charge in [0.05, 0.1) is 45.9 Å². The van der Waals surface area contributed by atoms with Crippen LogP contribution in [0, 0.1) is 20.3 Å². The number of hydrogen-bond donors (Lipinski definition) is 1. The summed E-state index contributed by atoms with van der Waals surface area (Å²) in [6.45, 7) is 6.38. The number of nitrogens with zero attached hydrogens (tertiary/aromatic N) is 6. The number of H-pyrrole nitrogens is 1. The predicted molar refractivity (Wildman–Crippen MR) is 137 cm³/mol. The van der Waals surface area contributed by atoms with Crippen molar-refractivity contribution in [2.24, 2.45) is 0 Å². The van der Waals surface area contributed by atoms with Gasteiger partial charge in [-0.3, -0.25) is 9.59 Å². The lowest BCUT2D eigenvalue weighted by molar-refractivity contribution is -0.126. The van der Waals surface area contributed by atoms with E-state index in [-0.39, 0.29) is 89.2 Å². The number of carbonyl (C=O) groups is 2. The molecule has 0 saturated carbocycles. The summed E-state index contributed by atoms with van der Waals surface area (Å²) in [6.07, 6.45) is 1.65. The Bertz CT molecular complexity index is 2030. The molecule has 4 aromatic rings. The smallest absolute Gasteiger partial charge is 0.295 e. The number of nitrogens with one attached hydrogen (secondary N) is 1. The van der Waals surface area contributed by atoms with E-state index in [1.807, 2.05) is 0 Å². The van der Waals surface area contributed by atoms with E-state index >= 15 is 0 Å². The number of aromatic nitrogens is 5. The molecule has 0 bridgehead atoms. The second-order valence-corrected chi connectivity index (χ2v) is 8.13. The van der Waals surface area contributed by atoms with E-state index < -0.39 is 43.5 Å². The van der Waals surface area contributed by atoms with E-state index in [0.717, 1.165) is 17.1 Å². The molecule has 3 aromatic heterocycles. The molecule has 4 heterocycles. The number of fused-ring (bicyclic) bond motifs is 1. The van der Waals surface area contributed by atoms with E-state index in [2.05, 4.69) is 24.9 Å². The van der Waals surface area contributed by atoms with Crippen LogP contribution < -0.4 is 4.74 Å². The van der Waals surface area contributed by atoms with Gasteiger partial charge >= 0.3 is 0 Å². The van der Waals surface area contributed by atoms with E-state index in [1.54, 1.807) is 0 Å². The molecular weight excluding hydrogens is 470 g/mol. The van der Waals surface area contributed by atoms with Crippen LogP contribution in [0.15, 0.2) is 48.4 Å². The summed E-state index contributed by atoms with van der Waals surface area (Å²) in [5.74, 6) is -3.30. The number of carbonyl (C=O) groups excluding carboxylic acids is 2. The molecule has 1 aliphatic heterocycles. The highest BCUT2D eigenvalue weighted by Gasteiger charge is 2.30. The van der Waals surface area contributed by atoms with E-state index in [1.165, 1.54) is 11.8 Å².